The first-order valence-electron chi connectivity index (χ1n) is 17.8. The summed E-state index contributed by atoms with van der Waals surface area (Å²) >= 11 is 0. The van der Waals surface area contributed by atoms with Crippen LogP contribution in [0.25, 0.3) is 66.0 Å². The number of hydrogen-bond acceptors (Lipinski definition) is 3. The van der Waals surface area contributed by atoms with E-state index in [1.165, 1.54) is 31.9 Å². The molecule has 0 unspecified atom stereocenters. The van der Waals surface area contributed by atoms with Crippen molar-refractivity contribution in [2.45, 2.75) is 59.0 Å². The van der Waals surface area contributed by atoms with Gasteiger partial charge in [-0.25, -0.2) is 0 Å². The number of fused-ring (bicyclic) bond motifs is 6. The van der Waals surface area contributed by atoms with Crippen molar-refractivity contribution in [2.24, 2.45) is 0 Å². The third kappa shape index (κ3) is 7.56. The fourth-order valence-corrected chi connectivity index (χ4v) is 8.55. The van der Waals surface area contributed by atoms with Crippen LogP contribution < -0.4 is 10.4 Å². The molecule has 0 fully saturated rings. The van der Waals surface area contributed by atoms with Crippen LogP contribution in [0.1, 0.15) is 26.7 Å². The second kappa shape index (κ2) is 14.4. The van der Waals surface area contributed by atoms with Gasteiger partial charge in [-0.3, -0.25) is 0 Å². The summed E-state index contributed by atoms with van der Waals surface area (Å²) < 4.78 is 14.6. The average molecular weight is 878 g/mol. The van der Waals surface area contributed by atoms with Gasteiger partial charge in [0.25, 0.3) is 0 Å². The predicted octanol–water partition coefficient (Wildman–Crippen LogP) is 11.5. The second-order valence-electron chi connectivity index (χ2n) is 15.4. The predicted molar refractivity (Wildman–Crippen MR) is 219 cm³/mol. The zero-order valence-corrected chi connectivity index (χ0v) is 35.0. The summed E-state index contributed by atoms with van der Waals surface area (Å²) in [6.07, 6.45) is 3.81. The zero-order valence-electron chi connectivity index (χ0n) is 31.6. The van der Waals surface area contributed by atoms with Crippen molar-refractivity contribution in [3.63, 3.8) is 0 Å². The molecular formula is C45H44IrN2OSi2-2. The Kier molecular flexibility index (Phi) is 9.97. The Morgan fingerprint density at radius 1 is 0.667 bits per heavy atom. The molecule has 6 heteroatoms. The van der Waals surface area contributed by atoms with Gasteiger partial charge in [0.2, 0.25) is 0 Å². The maximum atomic E-state index is 8.31. The van der Waals surface area contributed by atoms with Crippen molar-refractivity contribution in [3.8, 4) is 22.5 Å². The summed E-state index contributed by atoms with van der Waals surface area (Å²) in [7, 11) is -2.71. The monoisotopic (exact) mass is 878 g/mol. The minimum Gasteiger partial charge on any atom is -0.501 e. The van der Waals surface area contributed by atoms with E-state index in [0.29, 0.717) is 0 Å². The SMILES string of the molecule is C[Si](C)(C)c1ccc(-c2[c-]cc3c(ccc4ccccc43)c2)nc1.[2H]C(C)(C)c1ccnc(-c2[c-]ccc3c2oc2cc([Si](C)(C)C)ccc23)c1.[Ir]. The largest absolute Gasteiger partial charge is 0.501 e. The van der Waals surface area contributed by atoms with Gasteiger partial charge in [0.1, 0.15) is 5.58 Å². The van der Waals surface area contributed by atoms with Crippen molar-refractivity contribution in [2.75, 3.05) is 0 Å². The summed E-state index contributed by atoms with van der Waals surface area (Å²) in [5.74, 6) is -0.675. The van der Waals surface area contributed by atoms with E-state index < -0.39 is 22.0 Å². The Hall–Kier alpha value is -4.20. The smallest absolute Gasteiger partial charge is 0.120 e. The Morgan fingerprint density at radius 3 is 2.14 bits per heavy atom. The number of rotatable bonds is 5. The van der Waals surface area contributed by atoms with Gasteiger partial charge in [0.15, 0.2) is 0 Å². The number of furan rings is 1. The normalized spacial score (nSPS) is 12.4. The van der Waals surface area contributed by atoms with Gasteiger partial charge < -0.3 is 14.4 Å². The van der Waals surface area contributed by atoms with Crippen LogP contribution in [-0.4, -0.2) is 26.1 Å². The van der Waals surface area contributed by atoms with Crippen LogP contribution in [0, 0.1) is 12.1 Å². The molecule has 1 radical (unpaired) electrons. The quantitative estimate of drug-likeness (QED) is 0.0982. The molecule has 0 aliphatic carbocycles. The van der Waals surface area contributed by atoms with Crippen LogP contribution in [0.2, 0.25) is 39.3 Å². The van der Waals surface area contributed by atoms with Gasteiger partial charge in [0, 0.05) is 39.3 Å². The molecule has 0 amide bonds. The van der Waals surface area contributed by atoms with Crippen LogP contribution in [-0.2, 0) is 20.1 Å². The van der Waals surface area contributed by atoms with Gasteiger partial charge in [0.05, 0.1) is 21.7 Å². The molecule has 259 valence electrons. The van der Waals surface area contributed by atoms with Crippen LogP contribution in [0.5, 0.6) is 0 Å². The molecule has 3 nitrogen and oxygen atoms in total. The number of nitrogens with zero attached hydrogens (tertiary/aromatic N) is 2. The number of aromatic nitrogens is 2. The van der Waals surface area contributed by atoms with E-state index in [1.54, 1.807) is 6.20 Å². The molecule has 0 N–H and O–H groups in total. The minimum absolute atomic E-state index is 0. The van der Waals surface area contributed by atoms with E-state index in [0.717, 1.165) is 50.0 Å². The van der Waals surface area contributed by atoms with Gasteiger partial charge in [-0.15, -0.1) is 47.3 Å². The van der Waals surface area contributed by atoms with Crippen molar-refractivity contribution in [1.82, 2.24) is 9.97 Å². The first-order valence-corrected chi connectivity index (χ1v) is 24.3. The van der Waals surface area contributed by atoms with Gasteiger partial charge >= 0.3 is 0 Å². The Labute approximate surface area is 318 Å². The molecule has 0 spiro atoms. The summed E-state index contributed by atoms with van der Waals surface area (Å²) in [5.41, 5.74) is 6.35. The molecule has 51 heavy (non-hydrogen) atoms. The number of pyridine rings is 2. The maximum Gasteiger partial charge on any atom is 0.120 e. The molecule has 0 aliphatic rings. The second-order valence-corrected chi connectivity index (χ2v) is 25.6. The average Bonchev–Trinajstić information content (AvgIpc) is 3.49. The standard InChI is InChI=1S/C23H24NOSi.C22H20NSi.Ir/c1-15(2)16-11-12-24-21(13-16)20-8-6-7-19-18-10-9-17(26(3,4)5)14-22(18)25-23(19)20;1-24(2,3)19-11-13-22(23-15-19)18-10-12-21-17(14-18)9-8-16-6-4-5-7-20(16)21;/h6-7,9-15H,1-5H3;4-9,11-15H,1-3H3;/q2*-1;/i15D;;. The molecule has 0 aliphatic heterocycles. The summed E-state index contributed by atoms with van der Waals surface area (Å²) in [6, 6.07) is 42.7. The van der Waals surface area contributed by atoms with Crippen molar-refractivity contribution < 1.29 is 25.9 Å². The van der Waals surface area contributed by atoms with E-state index in [-0.39, 0.29) is 20.1 Å². The van der Waals surface area contributed by atoms with Crippen molar-refractivity contribution >= 4 is 70.0 Å². The van der Waals surface area contributed by atoms with Crippen LogP contribution >= 0.6 is 0 Å². The molecule has 0 saturated heterocycles. The van der Waals surface area contributed by atoms with E-state index >= 15 is 0 Å². The third-order valence-electron chi connectivity index (χ3n) is 9.47. The minimum atomic E-state index is -1.41. The van der Waals surface area contributed by atoms with E-state index in [2.05, 4.69) is 146 Å². The molecule has 3 aromatic heterocycles. The van der Waals surface area contributed by atoms with Crippen LogP contribution in [0.4, 0.5) is 0 Å². The van der Waals surface area contributed by atoms with E-state index in [1.807, 2.05) is 38.2 Å². The van der Waals surface area contributed by atoms with Crippen molar-refractivity contribution in [1.29, 1.82) is 0 Å². The molecule has 3 heterocycles. The molecule has 8 rings (SSSR count). The molecule has 8 aromatic rings. The Balaban J connectivity index is 0.000000176. The van der Waals surface area contributed by atoms with Crippen LogP contribution in [0.3, 0.4) is 0 Å². The molecule has 5 aromatic carbocycles. The zero-order chi connectivity index (χ0) is 36.1. The van der Waals surface area contributed by atoms with E-state index in [9.17, 15) is 0 Å². The maximum absolute atomic E-state index is 8.31. The number of hydrogen-bond donors (Lipinski definition) is 0. The summed E-state index contributed by atoms with van der Waals surface area (Å²) in [5, 5.41) is 10.0. The summed E-state index contributed by atoms with van der Waals surface area (Å²) in [4.78, 5) is 9.22. The van der Waals surface area contributed by atoms with Gasteiger partial charge in [-0.2, -0.15) is 0 Å². The Morgan fingerprint density at radius 2 is 1.41 bits per heavy atom. The van der Waals surface area contributed by atoms with Crippen LogP contribution in [0.15, 0.2) is 120 Å². The first kappa shape index (κ1) is 35.2. The molecule has 0 atom stereocenters. The molecular weight excluding hydrogens is 833 g/mol. The molecule has 0 saturated carbocycles. The topological polar surface area (TPSA) is 38.9 Å². The van der Waals surface area contributed by atoms with Crippen molar-refractivity contribution in [3.05, 3.63) is 133 Å². The van der Waals surface area contributed by atoms with Gasteiger partial charge in [-0.1, -0.05) is 152 Å². The van der Waals surface area contributed by atoms with E-state index in [4.69, 9.17) is 5.79 Å². The molecule has 0 bridgehead atoms. The third-order valence-corrected chi connectivity index (χ3v) is 13.5. The first-order chi connectivity index (χ1) is 24.2. The number of benzene rings is 5. The fraction of sp³-hybridized carbons (Fsp3) is 0.200. The summed E-state index contributed by atoms with van der Waals surface area (Å²) in [6.45, 7) is 17.8. The Bertz CT molecular complexity index is 2540. The van der Waals surface area contributed by atoms with Gasteiger partial charge in [-0.05, 0) is 40.0 Å². The fourth-order valence-electron chi connectivity index (χ4n) is 6.37.